The van der Waals surface area contributed by atoms with Crippen molar-refractivity contribution in [2.24, 2.45) is 0 Å². The van der Waals surface area contributed by atoms with Gasteiger partial charge in [-0.15, -0.1) is 11.3 Å². The Morgan fingerprint density at radius 1 is 1.00 bits per heavy atom. The molecule has 0 saturated heterocycles. The summed E-state index contributed by atoms with van der Waals surface area (Å²) in [4.78, 5) is 30.8. The summed E-state index contributed by atoms with van der Waals surface area (Å²) in [6, 6.07) is 18.7. The van der Waals surface area contributed by atoms with E-state index >= 15 is 0 Å². The van der Waals surface area contributed by atoms with Crippen LogP contribution >= 0.6 is 11.3 Å². The maximum atomic E-state index is 12.5. The van der Waals surface area contributed by atoms with Crippen molar-refractivity contribution in [1.29, 1.82) is 0 Å². The lowest BCUT2D eigenvalue weighted by Gasteiger charge is -2.18. The van der Waals surface area contributed by atoms with Crippen LogP contribution in [0.2, 0.25) is 0 Å². The van der Waals surface area contributed by atoms with Crippen LogP contribution in [0.1, 0.15) is 44.7 Å². The first-order valence-corrected chi connectivity index (χ1v) is 9.30. The topological polar surface area (TPSA) is 59.1 Å². The molecule has 0 spiro atoms. The summed E-state index contributed by atoms with van der Waals surface area (Å²) in [6.45, 7) is 1.96. The molecule has 132 valence electrons. The van der Waals surface area contributed by atoms with Crippen LogP contribution in [0.3, 0.4) is 0 Å². The molecule has 0 aliphatic heterocycles. The van der Waals surface area contributed by atoms with E-state index in [2.05, 4.69) is 10.3 Å². The van der Waals surface area contributed by atoms with Crippen LogP contribution < -0.4 is 5.32 Å². The molecule has 0 saturated carbocycles. The van der Waals surface area contributed by atoms with Crippen molar-refractivity contribution in [1.82, 2.24) is 10.3 Å². The Bertz CT molecular complexity index is 836. The van der Waals surface area contributed by atoms with E-state index in [9.17, 15) is 9.59 Å². The van der Waals surface area contributed by atoms with Crippen LogP contribution in [-0.4, -0.2) is 16.7 Å². The zero-order valence-corrected chi connectivity index (χ0v) is 15.3. The highest BCUT2D eigenvalue weighted by Crippen LogP contribution is 2.21. The second-order valence-electron chi connectivity index (χ2n) is 6.00. The Morgan fingerprint density at radius 2 is 1.77 bits per heavy atom. The SMILES string of the molecule is Cc1ccc(C(=O)CCC(=O)NC(c2ccccc2)c2ccccn2)s1. The molecule has 0 aliphatic carbocycles. The van der Waals surface area contributed by atoms with E-state index in [0.717, 1.165) is 16.1 Å². The van der Waals surface area contributed by atoms with Gasteiger partial charge in [-0.25, -0.2) is 0 Å². The summed E-state index contributed by atoms with van der Waals surface area (Å²) in [7, 11) is 0. The molecule has 1 aromatic carbocycles. The highest BCUT2D eigenvalue weighted by atomic mass is 32.1. The molecule has 4 nitrogen and oxygen atoms in total. The number of nitrogens with one attached hydrogen (secondary N) is 1. The lowest BCUT2D eigenvalue weighted by molar-refractivity contribution is -0.121. The summed E-state index contributed by atoms with van der Waals surface area (Å²) < 4.78 is 0. The number of hydrogen-bond acceptors (Lipinski definition) is 4. The molecule has 26 heavy (non-hydrogen) atoms. The number of carbonyl (C=O) groups excluding carboxylic acids is 2. The van der Waals surface area contributed by atoms with Gasteiger partial charge in [0.1, 0.15) is 0 Å². The number of nitrogens with zero attached hydrogens (tertiary/aromatic N) is 1. The van der Waals surface area contributed by atoms with Gasteiger partial charge in [-0.3, -0.25) is 14.6 Å². The average molecular weight is 364 g/mol. The molecule has 5 heteroatoms. The summed E-state index contributed by atoms with van der Waals surface area (Å²) in [5.74, 6) is -0.154. The fourth-order valence-corrected chi connectivity index (χ4v) is 3.52. The van der Waals surface area contributed by atoms with Crippen LogP contribution in [0.15, 0.2) is 66.9 Å². The maximum absolute atomic E-state index is 12.5. The molecule has 0 bridgehead atoms. The summed E-state index contributed by atoms with van der Waals surface area (Å²) >= 11 is 1.46. The Hall–Kier alpha value is -2.79. The van der Waals surface area contributed by atoms with Crippen LogP contribution in [0.25, 0.3) is 0 Å². The van der Waals surface area contributed by atoms with E-state index in [1.165, 1.54) is 11.3 Å². The minimum Gasteiger partial charge on any atom is -0.344 e. The highest BCUT2D eigenvalue weighted by Gasteiger charge is 2.18. The molecule has 2 heterocycles. The normalized spacial score (nSPS) is 11.7. The molecule has 0 radical (unpaired) electrons. The number of thiophene rings is 1. The van der Waals surface area contributed by atoms with Crippen molar-refractivity contribution < 1.29 is 9.59 Å². The Labute approximate surface area is 156 Å². The number of pyridine rings is 1. The van der Waals surface area contributed by atoms with E-state index < -0.39 is 0 Å². The van der Waals surface area contributed by atoms with Crippen molar-refractivity contribution in [2.45, 2.75) is 25.8 Å². The largest absolute Gasteiger partial charge is 0.344 e. The first-order chi connectivity index (χ1) is 12.6. The summed E-state index contributed by atoms with van der Waals surface area (Å²) in [5.41, 5.74) is 1.73. The third kappa shape index (κ3) is 4.64. The number of Topliss-reactive ketones (excluding diaryl/α,β-unsaturated/α-hetero) is 1. The molecule has 2 aromatic heterocycles. The quantitative estimate of drug-likeness (QED) is 0.635. The molecule has 1 unspecified atom stereocenters. The lowest BCUT2D eigenvalue weighted by Crippen LogP contribution is -2.30. The third-order valence-corrected chi connectivity index (χ3v) is 5.06. The molecule has 1 atom stereocenters. The molecule has 0 aliphatic rings. The number of hydrogen-bond donors (Lipinski definition) is 1. The van der Waals surface area contributed by atoms with Crippen molar-refractivity contribution in [3.8, 4) is 0 Å². The van der Waals surface area contributed by atoms with E-state index in [4.69, 9.17) is 0 Å². The van der Waals surface area contributed by atoms with E-state index in [0.29, 0.717) is 4.88 Å². The van der Waals surface area contributed by atoms with Crippen molar-refractivity contribution in [2.75, 3.05) is 0 Å². The van der Waals surface area contributed by atoms with E-state index in [1.807, 2.05) is 67.6 Å². The van der Waals surface area contributed by atoms with Gasteiger partial charge in [0, 0.05) is 23.9 Å². The number of benzene rings is 1. The van der Waals surface area contributed by atoms with Gasteiger partial charge in [0.15, 0.2) is 5.78 Å². The van der Waals surface area contributed by atoms with Gasteiger partial charge in [-0.2, -0.15) is 0 Å². The number of amides is 1. The number of ketones is 1. The van der Waals surface area contributed by atoms with Gasteiger partial charge in [0.2, 0.25) is 5.91 Å². The molecule has 0 fully saturated rings. The lowest BCUT2D eigenvalue weighted by atomic mass is 10.0. The first-order valence-electron chi connectivity index (χ1n) is 8.48. The number of rotatable bonds is 7. The van der Waals surface area contributed by atoms with Gasteiger partial charge in [0.25, 0.3) is 0 Å². The fourth-order valence-electron chi connectivity index (χ4n) is 2.69. The fraction of sp³-hybridized carbons (Fsp3) is 0.190. The predicted molar refractivity (Wildman–Crippen MR) is 103 cm³/mol. The molecule has 3 aromatic rings. The van der Waals surface area contributed by atoms with Gasteiger partial charge >= 0.3 is 0 Å². The van der Waals surface area contributed by atoms with Crippen LogP contribution in [0.4, 0.5) is 0 Å². The first kappa shape index (κ1) is 18.0. The van der Waals surface area contributed by atoms with Crippen LogP contribution in [0, 0.1) is 6.92 Å². The maximum Gasteiger partial charge on any atom is 0.221 e. The van der Waals surface area contributed by atoms with Crippen molar-refractivity contribution in [3.05, 3.63) is 87.9 Å². The Balaban J connectivity index is 1.67. The monoisotopic (exact) mass is 364 g/mol. The molecular weight excluding hydrogens is 344 g/mol. The zero-order chi connectivity index (χ0) is 18.4. The van der Waals surface area contributed by atoms with Crippen molar-refractivity contribution in [3.63, 3.8) is 0 Å². The minimum absolute atomic E-state index is 0.00680. The number of aromatic nitrogens is 1. The highest BCUT2D eigenvalue weighted by molar-refractivity contribution is 7.14. The second-order valence-corrected chi connectivity index (χ2v) is 7.29. The molecule has 3 rings (SSSR count). The van der Waals surface area contributed by atoms with Gasteiger partial charge in [0.05, 0.1) is 16.6 Å². The minimum atomic E-state index is -0.330. The van der Waals surface area contributed by atoms with Gasteiger partial charge < -0.3 is 5.32 Å². The Kier molecular flexibility index (Phi) is 5.92. The van der Waals surface area contributed by atoms with E-state index in [-0.39, 0.29) is 30.6 Å². The summed E-state index contributed by atoms with van der Waals surface area (Å²) in [5, 5.41) is 3.01. The predicted octanol–water partition coefficient (Wildman–Crippen LogP) is 4.32. The zero-order valence-electron chi connectivity index (χ0n) is 14.5. The Morgan fingerprint density at radius 3 is 2.42 bits per heavy atom. The second kappa shape index (κ2) is 8.54. The standard InChI is InChI=1S/C21H20N2O2S/c1-15-10-12-19(26-15)18(24)11-13-20(25)23-21(16-7-3-2-4-8-16)17-9-5-6-14-22-17/h2-10,12,14,21H,11,13H2,1H3,(H,23,25). The number of carbonyl (C=O) groups is 2. The summed E-state index contributed by atoms with van der Waals surface area (Å²) in [6.07, 6.45) is 2.07. The van der Waals surface area contributed by atoms with Gasteiger partial charge in [-0.05, 0) is 36.8 Å². The van der Waals surface area contributed by atoms with E-state index in [1.54, 1.807) is 6.20 Å². The average Bonchev–Trinajstić information content (AvgIpc) is 3.12. The number of aryl methyl sites for hydroxylation is 1. The molecule has 1 N–H and O–H groups in total. The molecule has 1 amide bonds. The smallest absolute Gasteiger partial charge is 0.221 e. The third-order valence-electron chi connectivity index (χ3n) is 4.02. The van der Waals surface area contributed by atoms with Crippen LogP contribution in [0.5, 0.6) is 0 Å². The van der Waals surface area contributed by atoms with Crippen molar-refractivity contribution >= 4 is 23.0 Å². The van der Waals surface area contributed by atoms with Crippen LogP contribution in [-0.2, 0) is 4.79 Å². The van der Waals surface area contributed by atoms with Gasteiger partial charge in [-0.1, -0.05) is 36.4 Å². The molecular formula is C21H20N2O2S.